The highest BCUT2D eigenvalue weighted by Gasteiger charge is 2.38. The maximum Gasteiger partial charge on any atom is 0.311 e. The van der Waals surface area contributed by atoms with Crippen LogP contribution < -0.4 is 5.56 Å². The molecule has 2 aromatic carbocycles. The summed E-state index contributed by atoms with van der Waals surface area (Å²) in [5.74, 6) is -0.795. The van der Waals surface area contributed by atoms with Gasteiger partial charge in [0.25, 0.3) is 5.56 Å². The van der Waals surface area contributed by atoms with Crippen LogP contribution in [-0.2, 0) is 14.3 Å². The largest absolute Gasteiger partial charge is 0.454 e. The normalized spacial score (nSPS) is 18.4. The number of nitrogens with one attached hydrogen (secondary N) is 1. The van der Waals surface area contributed by atoms with Gasteiger partial charge in [-0.25, -0.2) is 4.98 Å². The maximum absolute atomic E-state index is 12.7. The molecule has 1 aliphatic heterocycles. The summed E-state index contributed by atoms with van der Waals surface area (Å²) in [4.78, 5) is 46.3. The van der Waals surface area contributed by atoms with Crippen LogP contribution in [0, 0.1) is 5.92 Å². The minimum Gasteiger partial charge on any atom is -0.454 e. The number of likely N-dealkylation sites (tertiary alicyclic amines) is 1. The number of aromatic amines is 1. The van der Waals surface area contributed by atoms with Crippen molar-refractivity contribution in [3.8, 4) is 0 Å². The molecule has 0 unspecified atom stereocenters. The average molecular weight is 405 g/mol. The number of ether oxygens (including phenoxy) is 1. The van der Waals surface area contributed by atoms with Crippen molar-refractivity contribution in [1.82, 2.24) is 14.9 Å². The first-order valence-electron chi connectivity index (χ1n) is 9.98. The molecule has 1 aromatic heterocycles. The quantitative estimate of drug-likeness (QED) is 0.659. The summed E-state index contributed by atoms with van der Waals surface area (Å²) in [6, 6.07) is 16.6. The van der Waals surface area contributed by atoms with Crippen molar-refractivity contribution in [1.29, 1.82) is 0 Å². The molecule has 3 atom stereocenters. The van der Waals surface area contributed by atoms with Crippen LogP contribution in [0.4, 0.5) is 0 Å². The van der Waals surface area contributed by atoms with E-state index in [1.54, 1.807) is 36.1 Å². The number of hydrogen-bond acceptors (Lipinski definition) is 5. The highest BCUT2D eigenvalue weighted by atomic mass is 16.5. The van der Waals surface area contributed by atoms with Gasteiger partial charge in [-0.15, -0.1) is 0 Å². The van der Waals surface area contributed by atoms with E-state index in [1.165, 1.54) is 0 Å². The highest BCUT2D eigenvalue weighted by Crippen LogP contribution is 2.30. The summed E-state index contributed by atoms with van der Waals surface area (Å²) in [5, 5.41) is 0.478. The van der Waals surface area contributed by atoms with Crippen molar-refractivity contribution < 1.29 is 14.3 Å². The van der Waals surface area contributed by atoms with Gasteiger partial charge in [-0.2, -0.15) is 0 Å². The molecule has 7 nitrogen and oxygen atoms in total. The third kappa shape index (κ3) is 3.83. The van der Waals surface area contributed by atoms with Crippen molar-refractivity contribution in [3.05, 3.63) is 76.3 Å². The fraction of sp³-hybridized carbons (Fsp3) is 0.304. The number of amides is 1. The van der Waals surface area contributed by atoms with Crippen molar-refractivity contribution in [2.75, 3.05) is 6.54 Å². The molecule has 2 heterocycles. The predicted octanol–water partition coefficient (Wildman–Crippen LogP) is 3.14. The molecule has 1 fully saturated rings. The molecule has 0 saturated carbocycles. The zero-order valence-corrected chi connectivity index (χ0v) is 16.9. The van der Waals surface area contributed by atoms with Gasteiger partial charge >= 0.3 is 5.97 Å². The van der Waals surface area contributed by atoms with Crippen LogP contribution in [0.2, 0.25) is 0 Å². The van der Waals surface area contributed by atoms with Crippen molar-refractivity contribution in [2.24, 2.45) is 5.92 Å². The van der Waals surface area contributed by atoms with Crippen LogP contribution in [0.5, 0.6) is 0 Å². The molecular formula is C23H23N3O4. The molecule has 7 heteroatoms. The number of rotatable bonds is 5. The fourth-order valence-corrected chi connectivity index (χ4v) is 3.80. The Labute approximate surface area is 173 Å². The Balaban J connectivity index is 1.45. The van der Waals surface area contributed by atoms with Crippen LogP contribution in [0.3, 0.4) is 0 Å². The molecule has 0 spiro atoms. The van der Waals surface area contributed by atoms with Gasteiger partial charge in [0.2, 0.25) is 5.91 Å². The lowest BCUT2D eigenvalue weighted by atomic mass is 10.1. The third-order valence-electron chi connectivity index (χ3n) is 5.55. The van der Waals surface area contributed by atoms with Gasteiger partial charge in [-0.1, -0.05) is 42.5 Å². The first-order valence-corrected chi connectivity index (χ1v) is 9.98. The summed E-state index contributed by atoms with van der Waals surface area (Å²) in [6.45, 7) is 3.92. The molecule has 0 aliphatic carbocycles. The van der Waals surface area contributed by atoms with Crippen molar-refractivity contribution >= 4 is 22.8 Å². The predicted molar refractivity (Wildman–Crippen MR) is 112 cm³/mol. The molecule has 154 valence electrons. The second-order valence-electron chi connectivity index (χ2n) is 7.58. The van der Waals surface area contributed by atoms with Gasteiger partial charge in [-0.05, 0) is 31.5 Å². The fourth-order valence-electron chi connectivity index (χ4n) is 3.80. The van der Waals surface area contributed by atoms with E-state index in [4.69, 9.17) is 4.74 Å². The molecule has 0 radical (unpaired) electrons. The number of carbonyl (C=O) groups excluding carboxylic acids is 2. The van der Waals surface area contributed by atoms with Gasteiger partial charge in [0, 0.05) is 13.0 Å². The number of para-hydroxylation sites is 1. The molecule has 30 heavy (non-hydrogen) atoms. The second kappa shape index (κ2) is 8.10. The van der Waals surface area contributed by atoms with E-state index in [2.05, 4.69) is 9.97 Å². The Morgan fingerprint density at radius 1 is 1.10 bits per heavy atom. The van der Waals surface area contributed by atoms with Gasteiger partial charge < -0.3 is 14.6 Å². The molecule has 1 aliphatic rings. The van der Waals surface area contributed by atoms with E-state index in [1.807, 2.05) is 37.3 Å². The zero-order valence-electron chi connectivity index (χ0n) is 16.9. The Bertz CT molecular complexity index is 1140. The Hall–Kier alpha value is -3.48. The smallest absolute Gasteiger partial charge is 0.311 e. The van der Waals surface area contributed by atoms with Crippen LogP contribution in [0.25, 0.3) is 10.9 Å². The molecule has 1 saturated heterocycles. The van der Waals surface area contributed by atoms with E-state index >= 15 is 0 Å². The summed E-state index contributed by atoms with van der Waals surface area (Å²) in [7, 11) is 0. The third-order valence-corrected chi connectivity index (χ3v) is 5.55. The van der Waals surface area contributed by atoms with E-state index in [0.717, 1.165) is 5.56 Å². The maximum atomic E-state index is 12.7. The second-order valence-corrected chi connectivity index (χ2v) is 7.58. The summed E-state index contributed by atoms with van der Waals surface area (Å²) >= 11 is 0. The highest BCUT2D eigenvalue weighted by molar-refractivity contribution is 5.87. The van der Waals surface area contributed by atoms with Gasteiger partial charge in [0.05, 0.1) is 22.9 Å². The minimum absolute atomic E-state index is 0.0711. The number of nitrogens with zero attached hydrogens (tertiary/aromatic N) is 2. The number of esters is 1. The lowest BCUT2D eigenvalue weighted by Gasteiger charge is -2.25. The van der Waals surface area contributed by atoms with Crippen molar-refractivity contribution in [3.63, 3.8) is 0 Å². The van der Waals surface area contributed by atoms with E-state index in [-0.39, 0.29) is 29.8 Å². The Kier molecular flexibility index (Phi) is 5.35. The number of hydrogen-bond donors (Lipinski definition) is 1. The SMILES string of the molecule is C[C@H](OC(=O)[C@@H]1CC(=O)N([C@@H](C)c2ccccc2)C1)c1nc2ccccc2c(=O)[nH]1. The van der Waals surface area contributed by atoms with Crippen LogP contribution in [0.1, 0.15) is 43.8 Å². The van der Waals surface area contributed by atoms with Crippen LogP contribution in [0.15, 0.2) is 59.4 Å². The Morgan fingerprint density at radius 3 is 2.57 bits per heavy atom. The van der Waals surface area contributed by atoms with E-state index in [9.17, 15) is 14.4 Å². The van der Waals surface area contributed by atoms with E-state index in [0.29, 0.717) is 17.4 Å². The number of benzene rings is 2. The van der Waals surface area contributed by atoms with Crippen LogP contribution in [-0.4, -0.2) is 33.3 Å². The molecule has 0 bridgehead atoms. The minimum atomic E-state index is -0.731. The Morgan fingerprint density at radius 2 is 1.80 bits per heavy atom. The monoisotopic (exact) mass is 405 g/mol. The zero-order chi connectivity index (χ0) is 21.3. The summed E-state index contributed by atoms with van der Waals surface area (Å²) in [5.41, 5.74) is 1.28. The average Bonchev–Trinajstić information content (AvgIpc) is 3.15. The number of aromatic nitrogens is 2. The van der Waals surface area contributed by atoms with Crippen LogP contribution >= 0.6 is 0 Å². The summed E-state index contributed by atoms with van der Waals surface area (Å²) < 4.78 is 5.56. The summed E-state index contributed by atoms with van der Waals surface area (Å²) in [6.07, 6.45) is -0.616. The lowest BCUT2D eigenvalue weighted by molar-refractivity contribution is -0.153. The standard InChI is InChI=1S/C23H23N3O4/c1-14(16-8-4-3-5-9-16)26-13-17(12-20(26)27)23(29)30-15(2)21-24-19-11-7-6-10-18(19)22(28)25-21/h3-11,14-15,17H,12-13H2,1-2H3,(H,24,25,28)/t14-,15-,17+/m0/s1. The first kappa shape index (κ1) is 19.8. The van der Waals surface area contributed by atoms with E-state index < -0.39 is 18.0 Å². The van der Waals surface area contributed by atoms with Gasteiger partial charge in [0.1, 0.15) is 0 Å². The molecule has 1 amide bonds. The molecule has 4 rings (SSSR count). The van der Waals surface area contributed by atoms with Gasteiger partial charge in [0.15, 0.2) is 11.9 Å². The van der Waals surface area contributed by atoms with Crippen molar-refractivity contribution in [2.45, 2.75) is 32.4 Å². The van der Waals surface area contributed by atoms with Gasteiger partial charge in [-0.3, -0.25) is 14.4 Å². The first-order chi connectivity index (χ1) is 14.4. The number of carbonyl (C=O) groups is 2. The number of H-pyrrole nitrogens is 1. The molecule has 3 aromatic rings. The number of fused-ring (bicyclic) bond motifs is 1. The molecular weight excluding hydrogens is 382 g/mol. The topological polar surface area (TPSA) is 92.4 Å². The molecule has 1 N–H and O–H groups in total. The lowest BCUT2D eigenvalue weighted by Crippen LogP contribution is -2.30.